The molecule has 1 aliphatic rings. The average molecular weight is 662 g/mol. The number of carbonyl (C=O) groups is 2. The Hall–Kier alpha value is -4.52. The molecule has 0 saturated carbocycles. The highest BCUT2D eigenvalue weighted by atomic mass is 35.5. The van der Waals surface area contributed by atoms with Gasteiger partial charge in [-0.25, -0.2) is 14.0 Å². The number of urea groups is 1. The van der Waals surface area contributed by atoms with Crippen molar-refractivity contribution in [2.75, 3.05) is 20.3 Å². The predicted octanol–water partition coefficient (Wildman–Crippen LogP) is 5.23. The number of esters is 1. The van der Waals surface area contributed by atoms with Crippen LogP contribution in [-0.4, -0.2) is 49.9 Å². The standard InChI is InChI=1S/C31H31Cl2FN4O7/c1-4-43-25-12-18(28-27(30(40)42-3)17(2)36-31(41)37-28)9-10-24(25)44-16-26(39)38-35-14-20-11-21(32)13-22(33)29(20)45-15-19-7-5-6-8-23(19)34/h5-14,26,28,38-39H,4,15-16H2,1-3H3,(H2,36,37,41)/b35-14+/t26-,28-/m1/s1. The minimum atomic E-state index is -1.26. The van der Waals surface area contributed by atoms with Crippen LogP contribution in [-0.2, 0) is 16.1 Å². The fourth-order valence-electron chi connectivity index (χ4n) is 4.41. The number of amides is 2. The molecule has 0 unspecified atom stereocenters. The first-order valence-electron chi connectivity index (χ1n) is 13.7. The Morgan fingerprint density at radius 3 is 2.64 bits per heavy atom. The molecule has 1 aliphatic heterocycles. The van der Waals surface area contributed by atoms with Crippen molar-refractivity contribution in [3.8, 4) is 17.2 Å². The number of rotatable bonds is 13. The molecule has 0 fully saturated rings. The Labute approximate surface area is 268 Å². The molecule has 0 spiro atoms. The highest BCUT2D eigenvalue weighted by Gasteiger charge is 2.32. The molecule has 0 radical (unpaired) electrons. The Kier molecular flexibility index (Phi) is 11.5. The van der Waals surface area contributed by atoms with Crippen LogP contribution in [0.4, 0.5) is 9.18 Å². The zero-order chi connectivity index (χ0) is 32.5. The zero-order valence-corrected chi connectivity index (χ0v) is 26.0. The van der Waals surface area contributed by atoms with Gasteiger partial charge in [0.15, 0.2) is 17.7 Å². The van der Waals surface area contributed by atoms with E-state index in [4.69, 9.17) is 42.1 Å². The van der Waals surface area contributed by atoms with E-state index < -0.39 is 30.1 Å². The maximum atomic E-state index is 14.0. The molecule has 1 heterocycles. The van der Waals surface area contributed by atoms with Gasteiger partial charge < -0.3 is 34.7 Å². The molecular weight excluding hydrogens is 630 g/mol. The summed E-state index contributed by atoms with van der Waals surface area (Å²) in [6.07, 6.45) is 0.0906. The maximum Gasteiger partial charge on any atom is 0.337 e. The number of hydrogen-bond acceptors (Lipinski definition) is 9. The third kappa shape index (κ3) is 8.56. The molecule has 0 aromatic heterocycles. The quantitative estimate of drug-likeness (QED) is 0.0846. The second kappa shape index (κ2) is 15.5. The van der Waals surface area contributed by atoms with Crippen molar-refractivity contribution in [2.24, 2.45) is 5.10 Å². The van der Waals surface area contributed by atoms with Gasteiger partial charge in [-0.1, -0.05) is 47.5 Å². The van der Waals surface area contributed by atoms with Crippen molar-refractivity contribution in [3.63, 3.8) is 0 Å². The largest absolute Gasteiger partial charge is 0.490 e. The normalized spacial score (nSPS) is 15.3. The number of hydrogen-bond donors (Lipinski definition) is 4. The van der Waals surface area contributed by atoms with Crippen molar-refractivity contribution in [1.29, 1.82) is 0 Å². The van der Waals surface area contributed by atoms with Crippen LogP contribution in [0.15, 0.2) is 71.0 Å². The first-order chi connectivity index (χ1) is 21.6. The van der Waals surface area contributed by atoms with Gasteiger partial charge in [-0.2, -0.15) is 5.10 Å². The summed E-state index contributed by atoms with van der Waals surface area (Å²) in [6, 6.07) is 12.9. The third-order valence-electron chi connectivity index (χ3n) is 6.47. The smallest absolute Gasteiger partial charge is 0.337 e. The Morgan fingerprint density at radius 2 is 1.91 bits per heavy atom. The highest BCUT2D eigenvalue weighted by Crippen LogP contribution is 2.35. The molecule has 45 heavy (non-hydrogen) atoms. The number of aliphatic hydroxyl groups excluding tert-OH is 1. The number of hydrazone groups is 1. The van der Waals surface area contributed by atoms with Crippen molar-refractivity contribution >= 4 is 41.4 Å². The van der Waals surface area contributed by atoms with Crippen LogP contribution in [0.2, 0.25) is 10.0 Å². The van der Waals surface area contributed by atoms with Gasteiger partial charge in [0.25, 0.3) is 0 Å². The number of allylic oxidation sites excluding steroid dienone is 1. The number of nitrogens with one attached hydrogen (secondary N) is 3. The maximum absolute atomic E-state index is 14.0. The molecule has 11 nitrogen and oxygen atoms in total. The van der Waals surface area contributed by atoms with E-state index >= 15 is 0 Å². The summed E-state index contributed by atoms with van der Waals surface area (Å²) in [4.78, 5) is 24.6. The molecule has 14 heteroatoms. The molecule has 0 saturated heterocycles. The van der Waals surface area contributed by atoms with Gasteiger partial charge >= 0.3 is 12.0 Å². The van der Waals surface area contributed by atoms with E-state index in [2.05, 4.69) is 21.2 Å². The lowest BCUT2D eigenvalue weighted by atomic mass is 9.95. The van der Waals surface area contributed by atoms with Gasteiger partial charge in [0.05, 0.1) is 36.6 Å². The van der Waals surface area contributed by atoms with Gasteiger partial charge in [0.1, 0.15) is 24.8 Å². The fourth-order valence-corrected chi connectivity index (χ4v) is 4.97. The van der Waals surface area contributed by atoms with E-state index in [9.17, 15) is 19.1 Å². The number of ether oxygens (including phenoxy) is 4. The average Bonchev–Trinajstić information content (AvgIpc) is 3.00. The van der Waals surface area contributed by atoms with Crippen molar-refractivity contribution < 1.29 is 38.0 Å². The van der Waals surface area contributed by atoms with Crippen LogP contribution in [0.5, 0.6) is 17.2 Å². The summed E-state index contributed by atoms with van der Waals surface area (Å²) in [5, 5.41) is 20.3. The number of nitrogens with zero attached hydrogens (tertiary/aromatic N) is 1. The van der Waals surface area contributed by atoms with Crippen LogP contribution < -0.4 is 30.3 Å². The van der Waals surface area contributed by atoms with Crippen LogP contribution in [0.25, 0.3) is 0 Å². The highest BCUT2D eigenvalue weighted by molar-refractivity contribution is 6.36. The first kappa shape index (κ1) is 33.4. The number of aliphatic hydroxyl groups is 1. The van der Waals surface area contributed by atoms with E-state index in [1.54, 1.807) is 56.3 Å². The van der Waals surface area contributed by atoms with E-state index in [1.165, 1.54) is 25.5 Å². The molecule has 238 valence electrons. The number of benzene rings is 3. The second-order valence-electron chi connectivity index (χ2n) is 9.60. The number of halogens is 3. The fraction of sp³-hybridized carbons (Fsp3) is 0.258. The molecule has 4 N–H and O–H groups in total. The van der Waals surface area contributed by atoms with Gasteiger partial charge in [0, 0.05) is 21.8 Å². The summed E-state index contributed by atoms with van der Waals surface area (Å²) < 4.78 is 36.2. The molecule has 2 atom stereocenters. The van der Waals surface area contributed by atoms with Crippen LogP contribution >= 0.6 is 23.2 Å². The lowest BCUT2D eigenvalue weighted by Gasteiger charge is -2.28. The summed E-state index contributed by atoms with van der Waals surface area (Å²) in [7, 11) is 1.26. The van der Waals surface area contributed by atoms with E-state index in [1.807, 2.05) is 0 Å². The van der Waals surface area contributed by atoms with Crippen LogP contribution in [0, 0.1) is 5.82 Å². The monoisotopic (exact) mass is 660 g/mol. The molecule has 4 rings (SSSR count). The molecule has 2 amide bonds. The molecule has 0 bridgehead atoms. The van der Waals surface area contributed by atoms with Crippen LogP contribution in [0.1, 0.15) is 36.6 Å². The Morgan fingerprint density at radius 1 is 1.13 bits per heavy atom. The van der Waals surface area contributed by atoms with Gasteiger partial charge in [0.2, 0.25) is 0 Å². The van der Waals surface area contributed by atoms with Gasteiger partial charge in [-0.3, -0.25) is 5.43 Å². The molecule has 3 aromatic rings. The summed E-state index contributed by atoms with van der Waals surface area (Å²) >= 11 is 12.5. The van der Waals surface area contributed by atoms with Gasteiger partial charge in [-0.05, 0) is 49.7 Å². The van der Waals surface area contributed by atoms with Crippen molar-refractivity contribution in [2.45, 2.75) is 32.7 Å². The number of carbonyl (C=O) groups excluding carboxylic acids is 2. The minimum Gasteiger partial charge on any atom is -0.490 e. The van der Waals surface area contributed by atoms with E-state index in [0.29, 0.717) is 45.5 Å². The van der Waals surface area contributed by atoms with Crippen molar-refractivity contribution in [3.05, 3.63) is 98.4 Å². The Balaban J connectivity index is 1.43. The lowest BCUT2D eigenvalue weighted by molar-refractivity contribution is -0.136. The van der Waals surface area contributed by atoms with E-state index in [-0.39, 0.29) is 29.6 Å². The van der Waals surface area contributed by atoms with Gasteiger partial charge in [-0.15, -0.1) is 0 Å². The topological polar surface area (TPSA) is 140 Å². The lowest BCUT2D eigenvalue weighted by Crippen LogP contribution is -2.45. The van der Waals surface area contributed by atoms with Crippen LogP contribution in [0.3, 0.4) is 0 Å². The summed E-state index contributed by atoms with van der Waals surface area (Å²) in [5.41, 5.74) is 4.44. The first-order valence-corrected chi connectivity index (χ1v) is 14.4. The second-order valence-corrected chi connectivity index (χ2v) is 10.4. The SMILES string of the molecule is CCOc1cc([C@H]2NC(=O)NC(C)=C2C(=O)OC)ccc1OC[C@@H](O)N/N=C/c1cc(Cl)cc(Cl)c1OCc1ccccc1F. The predicted molar refractivity (Wildman–Crippen MR) is 166 cm³/mol. The molecule has 0 aliphatic carbocycles. The minimum absolute atomic E-state index is 0.0797. The van der Waals surface area contributed by atoms with Crippen molar-refractivity contribution in [1.82, 2.24) is 16.1 Å². The number of methoxy groups -OCH3 is 1. The Bertz CT molecular complexity index is 1620. The third-order valence-corrected chi connectivity index (χ3v) is 6.97. The van der Waals surface area contributed by atoms with E-state index in [0.717, 1.165) is 0 Å². The summed E-state index contributed by atoms with van der Waals surface area (Å²) in [5.74, 6) is -0.156. The molecule has 3 aromatic carbocycles. The molecular formula is C31H31Cl2FN4O7. The zero-order valence-electron chi connectivity index (χ0n) is 24.5. The summed E-state index contributed by atoms with van der Waals surface area (Å²) in [6.45, 7) is 3.38.